The minimum Gasteiger partial charge on any atom is -0.370 e. The maximum Gasteiger partial charge on any atom is 0.254 e. The molecular weight excluding hydrogens is 512 g/mol. The standard InChI is InChI=1S/C28H40N8O4/c1-36(27(40)20-13-6-3-7-14-20)22(16-10-18-33-28(31)32)26(39)34-21(15-8-9-17-29)25(38)35-23(24(30)37)19-11-4-2-5-12-19/h2-7,11-14,21-23H,8-10,15-18,29H2,1H3,(H2,30,37)(H,34,39)(H,35,38)(H4,31,32,33)/t21-,22-,23+/m0/s1. The Bertz CT molecular complexity index is 1140. The molecule has 0 bridgehead atoms. The van der Waals surface area contributed by atoms with Gasteiger partial charge in [0.2, 0.25) is 17.7 Å². The minimum absolute atomic E-state index is 0.0752. The number of guanidine groups is 1. The summed E-state index contributed by atoms with van der Waals surface area (Å²) in [5.74, 6) is -2.27. The Morgan fingerprint density at radius 1 is 0.825 bits per heavy atom. The lowest BCUT2D eigenvalue weighted by Crippen LogP contribution is -2.55. The van der Waals surface area contributed by atoms with Gasteiger partial charge in [-0.25, -0.2) is 0 Å². The predicted octanol–water partition coefficient (Wildman–Crippen LogP) is 0.137. The highest BCUT2D eigenvalue weighted by Crippen LogP contribution is 2.15. The summed E-state index contributed by atoms with van der Waals surface area (Å²) in [7, 11) is 1.53. The molecule has 2 aromatic rings. The van der Waals surface area contributed by atoms with Gasteiger partial charge in [-0.2, -0.15) is 0 Å². The molecule has 12 heteroatoms. The van der Waals surface area contributed by atoms with Gasteiger partial charge in [-0.05, 0) is 56.3 Å². The average Bonchev–Trinajstić information content (AvgIpc) is 2.95. The number of rotatable bonds is 16. The molecule has 0 unspecified atom stereocenters. The van der Waals surface area contributed by atoms with Crippen LogP contribution in [0.1, 0.15) is 54.1 Å². The Morgan fingerprint density at radius 3 is 2.02 bits per heavy atom. The number of benzene rings is 2. The maximum absolute atomic E-state index is 13.6. The Balaban J connectivity index is 2.27. The number of carbonyl (C=O) groups is 4. The Morgan fingerprint density at radius 2 is 1.45 bits per heavy atom. The summed E-state index contributed by atoms with van der Waals surface area (Å²) in [6.45, 7) is 0.676. The summed E-state index contributed by atoms with van der Waals surface area (Å²) in [6, 6.07) is 14.1. The highest BCUT2D eigenvalue weighted by molar-refractivity contribution is 5.98. The number of hydrogen-bond donors (Lipinski definition) is 6. The molecule has 0 radical (unpaired) electrons. The molecule has 3 atom stereocenters. The first-order valence-electron chi connectivity index (χ1n) is 13.2. The lowest BCUT2D eigenvalue weighted by molar-refractivity contribution is -0.133. The Labute approximate surface area is 234 Å². The number of nitrogens with one attached hydrogen (secondary N) is 2. The van der Waals surface area contributed by atoms with E-state index in [1.54, 1.807) is 60.7 Å². The SMILES string of the molecule is CN(C(=O)c1ccccc1)[C@@H](CCCN=C(N)N)C(=O)N[C@@H](CCCCN)C(=O)N[C@@H](C(N)=O)c1ccccc1. The number of nitrogens with two attached hydrogens (primary N) is 4. The van der Waals surface area contributed by atoms with Gasteiger partial charge in [0.25, 0.3) is 5.91 Å². The van der Waals surface area contributed by atoms with E-state index in [0.717, 1.165) is 0 Å². The quantitative estimate of drug-likeness (QED) is 0.0961. The number of likely N-dealkylation sites (N-methyl/N-ethyl adjacent to an activating group) is 1. The largest absolute Gasteiger partial charge is 0.370 e. The Hall–Kier alpha value is -4.45. The van der Waals surface area contributed by atoms with Crippen molar-refractivity contribution >= 4 is 29.6 Å². The van der Waals surface area contributed by atoms with Crippen molar-refractivity contribution < 1.29 is 19.2 Å². The maximum atomic E-state index is 13.6. The van der Waals surface area contributed by atoms with E-state index in [0.29, 0.717) is 36.9 Å². The van der Waals surface area contributed by atoms with Gasteiger partial charge in [-0.3, -0.25) is 24.2 Å². The Kier molecular flexibility index (Phi) is 13.1. The van der Waals surface area contributed by atoms with Crippen LogP contribution in [0.25, 0.3) is 0 Å². The van der Waals surface area contributed by atoms with E-state index in [1.807, 2.05) is 0 Å². The van der Waals surface area contributed by atoms with Gasteiger partial charge in [0, 0.05) is 19.2 Å². The fourth-order valence-electron chi connectivity index (χ4n) is 4.16. The van der Waals surface area contributed by atoms with E-state index >= 15 is 0 Å². The second kappa shape index (κ2) is 16.5. The number of aliphatic imine (C=N–C) groups is 1. The number of primary amides is 1. The molecule has 4 amide bonds. The van der Waals surface area contributed by atoms with Crippen molar-refractivity contribution in [3.05, 3.63) is 71.8 Å². The summed E-state index contributed by atoms with van der Waals surface area (Å²) in [5.41, 5.74) is 23.0. The van der Waals surface area contributed by atoms with E-state index in [-0.39, 0.29) is 31.3 Å². The molecular formula is C28H40N8O4. The van der Waals surface area contributed by atoms with Crippen LogP contribution in [-0.2, 0) is 14.4 Å². The van der Waals surface area contributed by atoms with E-state index in [2.05, 4.69) is 15.6 Å². The van der Waals surface area contributed by atoms with Crippen molar-refractivity contribution in [3.8, 4) is 0 Å². The average molecular weight is 553 g/mol. The molecule has 12 nitrogen and oxygen atoms in total. The smallest absolute Gasteiger partial charge is 0.254 e. The first kappa shape index (κ1) is 31.8. The van der Waals surface area contributed by atoms with Crippen molar-refractivity contribution in [2.24, 2.45) is 27.9 Å². The second-order valence-electron chi connectivity index (χ2n) is 9.35. The molecule has 40 heavy (non-hydrogen) atoms. The van der Waals surface area contributed by atoms with E-state index in [4.69, 9.17) is 22.9 Å². The zero-order valence-electron chi connectivity index (χ0n) is 22.8. The van der Waals surface area contributed by atoms with Crippen molar-refractivity contribution in [2.75, 3.05) is 20.1 Å². The fraction of sp³-hybridized carbons (Fsp3) is 0.393. The number of nitrogens with zero attached hydrogens (tertiary/aromatic N) is 2. The molecule has 216 valence electrons. The second-order valence-corrected chi connectivity index (χ2v) is 9.35. The van der Waals surface area contributed by atoms with Gasteiger partial charge in [-0.1, -0.05) is 48.5 Å². The minimum atomic E-state index is -1.08. The third-order valence-corrected chi connectivity index (χ3v) is 6.33. The molecule has 0 fully saturated rings. The van der Waals surface area contributed by atoms with Crippen LogP contribution in [0.3, 0.4) is 0 Å². The summed E-state index contributed by atoms with van der Waals surface area (Å²) in [6.07, 6.45) is 2.10. The van der Waals surface area contributed by atoms with Gasteiger partial charge in [-0.15, -0.1) is 0 Å². The van der Waals surface area contributed by atoms with Crippen LogP contribution in [0, 0.1) is 0 Å². The van der Waals surface area contributed by atoms with Crippen LogP contribution in [-0.4, -0.2) is 66.7 Å². The lowest BCUT2D eigenvalue weighted by Gasteiger charge is -2.30. The van der Waals surface area contributed by atoms with Crippen LogP contribution in [0.5, 0.6) is 0 Å². The van der Waals surface area contributed by atoms with Crippen molar-refractivity contribution in [2.45, 2.75) is 50.2 Å². The van der Waals surface area contributed by atoms with Gasteiger partial charge in [0.15, 0.2) is 5.96 Å². The summed E-state index contributed by atoms with van der Waals surface area (Å²) in [5, 5.41) is 5.45. The first-order valence-corrected chi connectivity index (χ1v) is 13.2. The van der Waals surface area contributed by atoms with Crippen LogP contribution in [0.2, 0.25) is 0 Å². The molecule has 0 aliphatic heterocycles. The third kappa shape index (κ3) is 10.0. The molecule has 0 saturated heterocycles. The summed E-state index contributed by atoms with van der Waals surface area (Å²) < 4.78 is 0. The van der Waals surface area contributed by atoms with E-state index in [1.165, 1.54) is 11.9 Å². The fourth-order valence-corrected chi connectivity index (χ4v) is 4.16. The predicted molar refractivity (Wildman–Crippen MR) is 154 cm³/mol. The molecule has 0 spiro atoms. The number of unbranched alkanes of at least 4 members (excludes halogenated alkanes) is 1. The van der Waals surface area contributed by atoms with Crippen LogP contribution >= 0.6 is 0 Å². The van der Waals surface area contributed by atoms with E-state index in [9.17, 15) is 19.2 Å². The zero-order chi connectivity index (χ0) is 29.5. The molecule has 10 N–H and O–H groups in total. The lowest BCUT2D eigenvalue weighted by atomic mass is 10.0. The van der Waals surface area contributed by atoms with Gasteiger partial charge < -0.3 is 38.5 Å². The third-order valence-electron chi connectivity index (χ3n) is 6.33. The number of carbonyl (C=O) groups excluding carboxylic acids is 4. The van der Waals surface area contributed by atoms with Crippen molar-refractivity contribution in [3.63, 3.8) is 0 Å². The van der Waals surface area contributed by atoms with Gasteiger partial charge in [0.05, 0.1) is 0 Å². The zero-order valence-corrected chi connectivity index (χ0v) is 22.8. The van der Waals surface area contributed by atoms with E-state index < -0.39 is 35.8 Å². The topological polar surface area (TPSA) is 212 Å². The molecule has 0 aliphatic rings. The molecule has 0 aliphatic carbocycles. The summed E-state index contributed by atoms with van der Waals surface area (Å²) in [4.78, 5) is 57.6. The summed E-state index contributed by atoms with van der Waals surface area (Å²) >= 11 is 0. The normalized spacial score (nSPS) is 12.8. The molecule has 0 heterocycles. The van der Waals surface area contributed by atoms with Crippen LogP contribution in [0.15, 0.2) is 65.7 Å². The molecule has 2 rings (SSSR count). The highest BCUT2D eigenvalue weighted by Gasteiger charge is 2.32. The van der Waals surface area contributed by atoms with Crippen molar-refractivity contribution in [1.82, 2.24) is 15.5 Å². The first-order chi connectivity index (χ1) is 19.1. The molecule has 2 aromatic carbocycles. The van der Waals surface area contributed by atoms with Crippen molar-refractivity contribution in [1.29, 1.82) is 0 Å². The monoisotopic (exact) mass is 552 g/mol. The van der Waals surface area contributed by atoms with Gasteiger partial charge in [0.1, 0.15) is 18.1 Å². The number of hydrogen-bond acceptors (Lipinski definition) is 6. The van der Waals surface area contributed by atoms with Crippen LogP contribution < -0.4 is 33.6 Å². The number of amides is 4. The van der Waals surface area contributed by atoms with Gasteiger partial charge >= 0.3 is 0 Å². The molecule has 0 aromatic heterocycles. The van der Waals surface area contributed by atoms with Crippen LogP contribution in [0.4, 0.5) is 0 Å². The molecule has 0 saturated carbocycles. The highest BCUT2D eigenvalue weighted by atomic mass is 16.2.